The van der Waals surface area contributed by atoms with Crippen molar-refractivity contribution < 1.29 is 9.53 Å². The first-order valence-corrected chi connectivity index (χ1v) is 15.9. The number of aryl methyl sites for hydroxylation is 1. The topological polar surface area (TPSA) is 88.8 Å². The van der Waals surface area contributed by atoms with E-state index in [0.29, 0.717) is 44.8 Å². The summed E-state index contributed by atoms with van der Waals surface area (Å²) in [5, 5.41) is 9.67. The fraction of sp³-hybridized carbons (Fsp3) is 0.588. The van der Waals surface area contributed by atoms with Gasteiger partial charge in [0.2, 0.25) is 5.91 Å². The molecule has 6 rings (SSSR count). The van der Waals surface area contributed by atoms with Crippen LogP contribution in [0.5, 0.6) is 6.01 Å². The summed E-state index contributed by atoms with van der Waals surface area (Å²) in [5.41, 5.74) is 5.39. The molecule has 4 aliphatic rings. The van der Waals surface area contributed by atoms with Crippen molar-refractivity contribution in [1.82, 2.24) is 24.7 Å². The van der Waals surface area contributed by atoms with Crippen LogP contribution in [0.25, 0.3) is 0 Å². The lowest BCUT2D eigenvalue weighted by Crippen LogP contribution is -2.55. The molecule has 9 nitrogen and oxygen atoms in total. The number of likely N-dealkylation sites (tertiary alicyclic amines) is 1. The Kier molecular flexibility index (Phi) is 8.69. The molecule has 2 aliphatic heterocycles. The molecule has 1 aromatic heterocycles. The highest BCUT2D eigenvalue weighted by Gasteiger charge is 2.43. The zero-order valence-electron chi connectivity index (χ0n) is 26.0. The van der Waals surface area contributed by atoms with Crippen LogP contribution in [0.15, 0.2) is 36.4 Å². The van der Waals surface area contributed by atoms with E-state index in [4.69, 9.17) is 14.7 Å². The summed E-state index contributed by atoms with van der Waals surface area (Å²) in [7, 11) is 6.12. The third-order valence-electron chi connectivity index (χ3n) is 10.1. The molecule has 0 saturated carbocycles. The quantitative estimate of drug-likeness (QED) is 0.437. The number of likely N-dealkylation sites (N-methyl/N-ethyl adjacent to an activating group) is 2. The average molecular weight is 584 g/mol. The highest BCUT2D eigenvalue weighted by Crippen LogP contribution is 2.48. The molecule has 9 heteroatoms. The van der Waals surface area contributed by atoms with Crippen LogP contribution in [0.4, 0.5) is 5.82 Å². The van der Waals surface area contributed by atoms with Crippen molar-refractivity contribution in [2.45, 2.75) is 68.9 Å². The molecule has 2 aromatic rings. The minimum absolute atomic E-state index is 0.0296. The number of piperazine rings is 1. The zero-order chi connectivity index (χ0) is 30.0. The number of ether oxygens (including phenoxy) is 1. The van der Waals surface area contributed by atoms with E-state index in [1.807, 2.05) is 30.0 Å². The minimum atomic E-state index is -0.200. The zero-order valence-corrected chi connectivity index (χ0v) is 26.0. The first-order chi connectivity index (χ1) is 20.9. The SMILES string of the molecule is CN(C)C/C=C/C(=O)N1CCN(c2nc(OC[C@@H]3CCCN3C)nc3c2CC[C@@]2(CCc4ccccc42)C3)C[C@@H]1CC#N. The van der Waals surface area contributed by atoms with Gasteiger partial charge < -0.3 is 24.3 Å². The van der Waals surface area contributed by atoms with Crippen LogP contribution >= 0.6 is 0 Å². The molecular formula is C34H45N7O2. The van der Waals surface area contributed by atoms with Gasteiger partial charge in [0.05, 0.1) is 24.2 Å². The monoisotopic (exact) mass is 583 g/mol. The molecule has 2 aliphatic carbocycles. The Morgan fingerprint density at radius 2 is 2.00 bits per heavy atom. The number of carbonyl (C=O) groups excluding carboxylic acids is 1. The van der Waals surface area contributed by atoms with Gasteiger partial charge in [-0.25, -0.2) is 0 Å². The molecule has 3 heterocycles. The van der Waals surface area contributed by atoms with Crippen LogP contribution in [0, 0.1) is 11.3 Å². The lowest BCUT2D eigenvalue weighted by molar-refractivity contribution is -0.128. The van der Waals surface area contributed by atoms with E-state index < -0.39 is 0 Å². The Morgan fingerprint density at radius 1 is 1.16 bits per heavy atom. The molecule has 0 radical (unpaired) electrons. The van der Waals surface area contributed by atoms with Crippen molar-refractivity contribution in [3.8, 4) is 12.1 Å². The molecule has 2 fully saturated rings. The van der Waals surface area contributed by atoms with E-state index in [1.165, 1.54) is 23.1 Å². The van der Waals surface area contributed by atoms with E-state index >= 15 is 0 Å². The van der Waals surface area contributed by atoms with Gasteiger partial charge in [0.15, 0.2) is 0 Å². The van der Waals surface area contributed by atoms with Gasteiger partial charge in [0.25, 0.3) is 0 Å². The van der Waals surface area contributed by atoms with Crippen LogP contribution in [0.1, 0.15) is 54.5 Å². The van der Waals surface area contributed by atoms with Crippen molar-refractivity contribution in [1.29, 1.82) is 5.26 Å². The summed E-state index contributed by atoms with van der Waals surface area (Å²) in [6.07, 6.45) is 11.3. The summed E-state index contributed by atoms with van der Waals surface area (Å²) in [6.45, 7) is 4.17. The third kappa shape index (κ3) is 6.13. The predicted molar refractivity (Wildman–Crippen MR) is 167 cm³/mol. The van der Waals surface area contributed by atoms with Crippen LogP contribution in [-0.2, 0) is 29.5 Å². The standard InChI is InChI=1S/C34H45N7O2/c1-38(2)18-7-11-31(42)41-21-20-40(23-26(41)14-17-35)32-28-13-16-34(15-12-25-8-4-5-10-29(25)34)22-30(28)36-33(37-32)43-24-27-9-6-19-39(27)3/h4-5,7-8,10-11,26-27H,6,9,12-16,18-24H2,1-3H3/b11-7+/t26-,27-,34-/m0/s1. The van der Waals surface area contributed by atoms with E-state index in [0.717, 1.165) is 56.6 Å². The average Bonchev–Trinajstić information content (AvgIpc) is 3.58. The number of aromatic nitrogens is 2. The van der Waals surface area contributed by atoms with E-state index in [2.05, 4.69) is 47.2 Å². The number of benzene rings is 1. The van der Waals surface area contributed by atoms with Crippen molar-refractivity contribution in [2.75, 3.05) is 65.4 Å². The first-order valence-electron chi connectivity index (χ1n) is 15.9. The lowest BCUT2D eigenvalue weighted by atomic mass is 9.69. The van der Waals surface area contributed by atoms with Gasteiger partial charge in [0, 0.05) is 49.3 Å². The second-order valence-electron chi connectivity index (χ2n) is 13.1. The molecule has 1 amide bonds. The number of hydrogen-bond donors (Lipinski definition) is 0. The molecule has 1 spiro atoms. The molecule has 2 saturated heterocycles. The number of hydrogen-bond acceptors (Lipinski definition) is 8. The lowest BCUT2D eigenvalue weighted by Gasteiger charge is -2.42. The van der Waals surface area contributed by atoms with Crippen molar-refractivity contribution >= 4 is 11.7 Å². The Balaban J connectivity index is 1.28. The van der Waals surface area contributed by atoms with E-state index in [9.17, 15) is 10.1 Å². The maximum atomic E-state index is 13.1. The molecule has 0 bridgehead atoms. The Labute approximate surface area is 256 Å². The van der Waals surface area contributed by atoms with E-state index in [-0.39, 0.29) is 23.8 Å². The number of rotatable bonds is 8. The van der Waals surface area contributed by atoms with Crippen LogP contribution < -0.4 is 9.64 Å². The number of nitrogens with zero attached hydrogens (tertiary/aromatic N) is 7. The van der Waals surface area contributed by atoms with Gasteiger partial charge in [-0.3, -0.25) is 4.79 Å². The van der Waals surface area contributed by atoms with Gasteiger partial charge in [0.1, 0.15) is 12.4 Å². The molecule has 3 atom stereocenters. The highest BCUT2D eigenvalue weighted by molar-refractivity contribution is 5.88. The molecule has 228 valence electrons. The van der Waals surface area contributed by atoms with E-state index in [1.54, 1.807) is 6.08 Å². The second kappa shape index (κ2) is 12.6. The number of amides is 1. The van der Waals surface area contributed by atoms with Crippen molar-refractivity contribution in [3.63, 3.8) is 0 Å². The van der Waals surface area contributed by atoms with Gasteiger partial charge in [-0.15, -0.1) is 0 Å². The molecule has 0 unspecified atom stereocenters. The number of fused-ring (bicyclic) bond motifs is 3. The predicted octanol–water partition coefficient (Wildman–Crippen LogP) is 3.37. The fourth-order valence-corrected chi connectivity index (χ4v) is 7.64. The summed E-state index contributed by atoms with van der Waals surface area (Å²) in [4.78, 5) is 31.8. The van der Waals surface area contributed by atoms with Gasteiger partial charge in [-0.05, 0) is 83.8 Å². The largest absolute Gasteiger partial charge is 0.462 e. The van der Waals surface area contributed by atoms with Crippen LogP contribution in [0.3, 0.4) is 0 Å². The summed E-state index contributed by atoms with van der Waals surface area (Å²) in [5.74, 6) is 0.900. The second-order valence-corrected chi connectivity index (χ2v) is 13.1. The Hall–Kier alpha value is -3.48. The van der Waals surface area contributed by atoms with Gasteiger partial charge in [-0.1, -0.05) is 30.3 Å². The minimum Gasteiger partial charge on any atom is -0.462 e. The normalized spacial score (nSPS) is 25.4. The summed E-state index contributed by atoms with van der Waals surface area (Å²) >= 11 is 0. The van der Waals surface area contributed by atoms with Gasteiger partial charge >= 0.3 is 6.01 Å². The smallest absolute Gasteiger partial charge is 0.318 e. The van der Waals surface area contributed by atoms with Crippen molar-refractivity contribution in [3.05, 3.63) is 58.8 Å². The molecular weight excluding hydrogens is 538 g/mol. The van der Waals surface area contributed by atoms with Gasteiger partial charge in [-0.2, -0.15) is 15.2 Å². The summed E-state index contributed by atoms with van der Waals surface area (Å²) in [6, 6.07) is 11.9. The third-order valence-corrected chi connectivity index (χ3v) is 10.1. The van der Waals surface area contributed by atoms with Crippen molar-refractivity contribution in [2.24, 2.45) is 0 Å². The van der Waals surface area contributed by atoms with Crippen LogP contribution in [0.2, 0.25) is 0 Å². The molecule has 1 aromatic carbocycles. The summed E-state index contributed by atoms with van der Waals surface area (Å²) < 4.78 is 6.36. The fourth-order valence-electron chi connectivity index (χ4n) is 7.64. The first kappa shape index (κ1) is 29.6. The maximum absolute atomic E-state index is 13.1. The number of nitriles is 1. The highest BCUT2D eigenvalue weighted by atomic mass is 16.5. The molecule has 0 N–H and O–H groups in total. The Bertz CT molecular complexity index is 1400. The number of carbonyl (C=O) groups is 1. The number of anilines is 1. The Morgan fingerprint density at radius 3 is 2.79 bits per heavy atom. The maximum Gasteiger partial charge on any atom is 0.318 e. The molecule has 43 heavy (non-hydrogen) atoms. The van der Waals surface area contributed by atoms with Crippen LogP contribution in [-0.4, -0.2) is 103 Å².